The first-order valence-corrected chi connectivity index (χ1v) is 8.24. The van der Waals surface area contributed by atoms with Crippen molar-refractivity contribution in [2.75, 3.05) is 13.2 Å². The number of hydrogen-bond donors (Lipinski definition) is 1. The molecule has 0 aliphatic heterocycles. The lowest BCUT2D eigenvalue weighted by Gasteiger charge is -2.26. The molecule has 0 fully saturated rings. The van der Waals surface area contributed by atoms with Gasteiger partial charge in [-0.1, -0.05) is 26.0 Å². The normalized spacial score (nSPS) is 11.6. The second-order valence-corrected chi connectivity index (χ2v) is 6.93. The second-order valence-electron chi connectivity index (χ2n) is 6.93. The zero-order chi connectivity index (χ0) is 17.5. The molecule has 0 unspecified atom stereocenters. The molecule has 4 nitrogen and oxygen atoms in total. The van der Waals surface area contributed by atoms with Crippen molar-refractivity contribution in [3.63, 3.8) is 0 Å². The van der Waals surface area contributed by atoms with Gasteiger partial charge in [0.1, 0.15) is 0 Å². The van der Waals surface area contributed by atoms with Crippen molar-refractivity contribution < 1.29 is 14.3 Å². The van der Waals surface area contributed by atoms with Crippen molar-refractivity contribution in [3.05, 3.63) is 35.4 Å². The molecular weight excluding hydrogens is 290 g/mol. The number of hydrogen-bond acceptors (Lipinski definition) is 3. The highest BCUT2D eigenvalue weighted by atomic mass is 16.5. The van der Waals surface area contributed by atoms with E-state index in [4.69, 9.17) is 4.74 Å². The highest BCUT2D eigenvalue weighted by molar-refractivity contribution is 5.97. The third kappa shape index (κ3) is 7.42. The van der Waals surface area contributed by atoms with E-state index in [1.165, 1.54) is 6.92 Å². The molecule has 128 valence electrons. The minimum absolute atomic E-state index is 0.00254. The molecule has 0 aliphatic rings. The number of ketones is 1. The summed E-state index contributed by atoms with van der Waals surface area (Å²) in [6.07, 6.45) is 1.79. The van der Waals surface area contributed by atoms with Crippen LogP contribution >= 0.6 is 0 Å². The number of carbonyl (C=O) groups excluding carboxylic acids is 2. The monoisotopic (exact) mass is 319 g/mol. The molecule has 1 aromatic carbocycles. The van der Waals surface area contributed by atoms with Gasteiger partial charge in [0, 0.05) is 24.3 Å². The third-order valence-corrected chi connectivity index (χ3v) is 3.75. The molecule has 0 atom stereocenters. The number of benzene rings is 1. The van der Waals surface area contributed by atoms with Crippen molar-refractivity contribution >= 4 is 11.7 Å². The molecule has 1 aromatic rings. The smallest absolute Gasteiger partial charge is 0.251 e. The molecule has 0 aliphatic carbocycles. The molecule has 0 saturated heterocycles. The lowest BCUT2D eigenvalue weighted by atomic mass is 10.0. The first kappa shape index (κ1) is 19.4. The molecule has 0 heterocycles. The van der Waals surface area contributed by atoms with Crippen LogP contribution in [0.15, 0.2) is 24.3 Å². The van der Waals surface area contributed by atoms with Crippen LogP contribution in [-0.4, -0.2) is 30.4 Å². The molecule has 4 heteroatoms. The lowest BCUT2D eigenvalue weighted by Crippen LogP contribution is -2.33. The van der Waals surface area contributed by atoms with Gasteiger partial charge in [0.25, 0.3) is 5.91 Å². The second kappa shape index (κ2) is 8.82. The zero-order valence-corrected chi connectivity index (χ0v) is 14.9. The standard InChI is InChI=1S/C19H29NO3/c1-14(2)10-13-23-19(4,5)11-12-20-18(22)17-8-6-16(7-9-17)15(3)21/h6-9,14H,10-13H2,1-5H3,(H,20,22). The summed E-state index contributed by atoms with van der Waals surface area (Å²) >= 11 is 0. The summed E-state index contributed by atoms with van der Waals surface area (Å²) in [5.41, 5.74) is 0.926. The average Bonchev–Trinajstić information content (AvgIpc) is 2.46. The van der Waals surface area contributed by atoms with Gasteiger partial charge in [-0.15, -0.1) is 0 Å². The van der Waals surface area contributed by atoms with Gasteiger partial charge in [0.2, 0.25) is 0 Å². The van der Waals surface area contributed by atoms with E-state index in [2.05, 4.69) is 19.2 Å². The van der Waals surface area contributed by atoms with E-state index in [1.807, 2.05) is 13.8 Å². The van der Waals surface area contributed by atoms with Gasteiger partial charge in [0.15, 0.2) is 5.78 Å². The molecule has 1 N–H and O–H groups in total. The van der Waals surface area contributed by atoms with Crippen molar-refractivity contribution in [2.45, 2.75) is 53.1 Å². The van der Waals surface area contributed by atoms with Crippen molar-refractivity contribution in [1.29, 1.82) is 0 Å². The van der Waals surface area contributed by atoms with Gasteiger partial charge in [-0.3, -0.25) is 9.59 Å². The predicted molar refractivity (Wildman–Crippen MR) is 92.9 cm³/mol. The minimum Gasteiger partial charge on any atom is -0.375 e. The number of carbonyl (C=O) groups is 2. The van der Waals surface area contributed by atoms with Crippen LogP contribution in [0.25, 0.3) is 0 Å². The first-order valence-electron chi connectivity index (χ1n) is 8.24. The van der Waals surface area contributed by atoms with E-state index in [9.17, 15) is 9.59 Å². The molecule has 0 saturated carbocycles. The summed E-state index contributed by atoms with van der Waals surface area (Å²) in [7, 11) is 0. The summed E-state index contributed by atoms with van der Waals surface area (Å²) in [5.74, 6) is 0.499. The topological polar surface area (TPSA) is 55.4 Å². The maximum atomic E-state index is 12.1. The third-order valence-electron chi connectivity index (χ3n) is 3.75. The Morgan fingerprint density at radius 3 is 2.22 bits per heavy atom. The molecular formula is C19H29NO3. The largest absolute Gasteiger partial charge is 0.375 e. The molecule has 23 heavy (non-hydrogen) atoms. The van der Waals surface area contributed by atoms with Gasteiger partial charge in [-0.25, -0.2) is 0 Å². The predicted octanol–water partition coefficient (Wildman–Crippen LogP) is 3.85. The van der Waals surface area contributed by atoms with E-state index < -0.39 is 0 Å². The summed E-state index contributed by atoms with van der Waals surface area (Å²) < 4.78 is 5.88. The van der Waals surface area contributed by atoms with E-state index in [0.717, 1.165) is 19.4 Å². The van der Waals surface area contributed by atoms with Crippen LogP contribution in [0.5, 0.6) is 0 Å². The molecule has 0 radical (unpaired) electrons. The van der Waals surface area contributed by atoms with Crippen LogP contribution in [0.1, 0.15) is 68.2 Å². The summed E-state index contributed by atoms with van der Waals surface area (Å²) in [5, 5.41) is 2.90. The quantitative estimate of drug-likeness (QED) is 0.703. The highest BCUT2D eigenvalue weighted by Crippen LogP contribution is 2.15. The Kier molecular flexibility index (Phi) is 7.43. The van der Waals surface area contributed by atoms with Crippen LogP contribution in [0.4, 0.5) is 0 Å². The molecule has 1 rings (SSSR count). The Balaban J connectivity index is 2.39. The Labute approximate surface area is 139 Å². The number of amides is 1. The number of nitrogens with one attached hydrogen (secondary N) is 1. The van der Waals surface area contributed by atoms with Crippen molar-refractivity contribution in [1.82, 2.24) is 5.32 Å². The highest BCUT2D eigenvalue weighted by Gasteiger charge is 2.18. The Morgan fingerprint density at radius 1 is 1.13 bits per heavy atom. The molecule has 0 spiro atoms. The van der Waals surface area contributed by atoms with Gasteiger partial charge < -0.3 is 10.1 Å². The zero-order valence-electron chi connectivity index (χ0n) is 14.9. The summed E-state index contributed by atoms with van der Waals surface area (Å²) in [6.45, 7) is 11.2. The lowest BCUT2D eigenvalue weighted by molar-refractivity contribution is -0.0269. The molecule has 1 amide bonds. The minimum atomic E-state index is -0.249. The number of Topliss-reactive ketones (excluding diaryl/α,β-unsaturated/α-hetero) is 1. The SMILES string of the molecule is CC(=O)c1ccc(C(=O)NCCC(C)(C)OCCC(C)C)cc1. The van der Waals surface area contributed by atoms with Gasteiger partial charge in [0.05, 0.1) is 5.60 Å². The Hall–Kier alpha value is -1.68. The molecule has 0 bridgehead atoms. The molecule has 0 aromatic heterocycles. The van der Waals surface area contributed by atoms with Crippen LogP contribution in [0, 0.1) is 5.92 Å². The average molecular weight is 319 g/mol. The Morgan fingerprint density at radius 2 is 1.70 bits per heavy atom. The first-order chi connectivity index (χ1) is 10.7. The fourth-order valence-corrected chi connectivity index (χ4v) is 2.08. The van der Waals surface area contributed by atoms with Crippen LogP contribution in [0.3, 0.4) is 0 Å². The van der Waals surface area contributed by atoms with Crippen LogP contribution in [-0.2, 0) is 4.74 Å². The van der Waals surface area contributed by atoms with Gasteiger partial charge >= 0.3 is 0 Å². The van der Waals surface area contributed by atoms with Gasteiger partial charge in [-0.2, -0.15) is 0 Å². The van der Waals surface area contributed by atoms with Crippen molar-refractivity contribution in [2.24, 2.45) is 5.92 Å². The van der Waals surface area contributed by atoms with Crippen LogP contribution in [0.2, 0.25) is 0 Å². The summed E-state index contributed by atoms with van der Waals surface area (Å²) in [4.78, 5) is 23.3. The fourth-order valence-electron chi connectivity index (χ4n) is 2.08. The maximum absolute atomic E-state index is 12.1. The maximum Gasteiger partial charge on any atom is 0.251 e. The van der Waals surface area contributed by atoms with Gasteiger partial charge in [-0.05, 0) is 51.7 Å². The van der Waals surface area contributed by atoms with Crippen molar-refractivity contribution in [3.8, 4) is 0 Å². The Bertz CT molecular complexity index is 518. The van der Waals surface area contributed by atoms with Crippen LogP contribution < -0.4 is 5.32 Å². The number of rotatable bonds is 9. The van der Waals surface area contributed by atoms with E-state index in [-0.39, 0.29) is 17.3 Å². The van der Waals surface area contributed by atoms with E-state index >= 15 is 0 Å². The number of ether oxygens (including phenoxy) is 1. The van der Waals surface area contributed by atoms with E-state index in [1.54, 1.807) is 24.3 Å². The fraction of sp³-hybridized carbons (Fsp3) is 0.579. The summed E-state index contributed by atoms with van der Waals surface area (Å²) in [6, 6.07) is 6.71. The van der Waals surface area contributed by atoms with E-state index in [0.29, 0.717) is 23.6 Å².